The van der Waals surface area contributed by atoms with Gasteiger partial charge in [0.2, 0.25) is 11.6 Å². The number of aryl methyl sites for hydroxylation is 1. The maximum atomic E-state index is 13.6. The van der Waals surface area contributed by atoms with Gasteiger partial charge in [0.15, 0.2) is 17.3 Å². The zero-order valence-electron chi connectivity index (χ0n) is 16.9. The van der Waals surface area contributed by atoms with Crippen molar-refractivity contribution in [1.82, 2.24) is 30.7 Å². The highest BCUT2D eigenvalue weighted by Gasteiger charge is 2.25. The molecule has 2 aromatic heterocycles. The Bertz CT molecular complexity index is 1330. The summed E-state index contributed by atoms with van der Waals surface area (Å²) in [7, 11) is 0. The summed E-state index contributed by atoms with van der Waals surface area (Å²) >= 11 is 0. The number of halogens is 2. The third kappa shape index (κ3) is 3.80. The van der Waals surface area contributed by atoms with Crippen LogP contribution in [0.1, 0.15) is 28.5 Å². The standard InChI is InChI=1S/C20H16F2N8O2/c1-10-8-14(21)15(22)9-13(10)11(2)24-26-20(31)16-17(12-6-4-3-5-7-12)30(29-25-16)19-18(23)27-32-28-19/h3-9H,1-2H3,(H2,23,27)(H,26,31)/b24-11-. The molecule has 12 heteroatoms. The third-order valence-corrected chi connectivity index (χ3v) is 4.61. The lowest BCUT2D eigenvalue weighted by Gasteiger charge is -2.08. The topological polar surface area (TPSA) is 137 Å². The Kier molecular flexibility index (Phi) is 5.41. The normalized spacial score (nSPS) is 11.6. The number of carbonyl (C=O) groups excluding carboxylic acids is 1. The molecule has 162 valence electrons. The van der Waals surface area contributed by atoms with Crippen LogP contribution in [0, 0.1) is 18.6 Å². The maximum Gasteiger partial charge on any atom is 0.294 e. The summed E-state index contributed by atoms with van der Waals surface area (Å²) in [5.74, 6) is -2.65. The van der Waals surface area contributed by atoms with E-state index in [4.69, 9.17) is 5.73 Å². The minimum atomic E-state index is -1.01. The van der Waals surface area contributed by atoms with Gasteiger partial charge in [-0.2, -0.15) is 9.78 Å². The molecule has 0 saturated heterocycles. The molecule has 0 unspecified atom stereocenters. The van der Waals surface area contributed by atoms with Gasteiger partial charge in [0.05, 0.1) is 5.71 Å². The third-order valence-electron chi connectivity index (χ3n) is 4.61. The van der Waals surface area contributed by atoms with Crippen molar-refractivity contribution >= 4 is 17.4 Å². The second-order valence-corrected chi connectivity index (χ2v) is 6.76. The molecule has 4 rings (SSSR count). The van der Waals surface area contributed by atoms with Crippen LogP contribution in [-0.2, 0) is 0 Å². The number of nitrogens with zero attached hydrogens (tertiary/aromatic N) is 6. The number of hydrazone groups is 1. The highest BCUT2D eigenvalue weighted by atomic mass is 19.2. The van der Waals surface area contributed by atoms with E-state index in [-0.39, 0.29) is 28.7 Å². The first kappa shape index (κ1) is 20.8. The van der Waals surface area contributed by atoms with Gasteiger partial charge in [0.1, 0.15) is 5.69 Å². The molecule has 0 atom stereocenters. The molecule has 4 aromatic rings. The number of benzene rings is 2. The van der Waals surface area contributed by atoms with Crippen LogP contribution in [0.3, 0.4) is 0 Å². The number of carbonyl (C=O) groups is 1. The number of hydrogen-bond acceptors (Lipinski definition) is 8. The van der Waals surface area contributed by atoms with Gasteiger partial charge in [-0.05, 0) is 41.9 Å². The van der Waals surface area contributed by atoms with Gasteiger partial charge in [-0.1, -0.05) is 35.5 Å². The van der Waals surface area contributed by atoms with Crippen molar-refractivity contribution in [3.63, 3.8) is 0 Å². The summed E-state index contributed by atoms with van der Waals surface area (Å²) in [6.45, 7) is 3.16. The first-order valence-corrected chi connectivity index (χ1v) is 9.27. The fourth-order valence-electron chi connectivity index (χ4n) is 3.06. The van der Waals surface area contributed by atoms with Gasteiger partial charge >= 0.3 is 0 Å². The highest BCUT2D eigenvalue weighted by molar-refractivity contribution is 6.02. The van der Waals surface area contributed by atoms with Crippen LogP contribution in [0.15, 0.2) is 52.2 Å². The summed E-state index contributed by atoms with van der Waals surface area (Å²) < 4.78 is 32.9. The van der Waals surface area contributed by atoms with Gasteiger partial charge in [0.25, 0.3) is 5.91 Å². The smallest absolute Gasteiger partial charge is 0.294 e. The molecule has 0 aliphatic carbocycles. The van der Waals surface area contributed by atoms with E-state index in [0.29, 0.717) is 16.7 Å². The lowest BCUT2D eigenvalue weighted by Crippen LogP contribution is -2.21. The second-order valence-electron chi connectivity index (χ2n) is 6.76. The molecule has 0 aliphatic rings. The fraction of sp³-hybridized carbons (Fsp3) is 0.100. The number of anilines is 1. The molecule has 0 spiro atoms. The molecule has 2 heterocycles. The van der Waals surface area contributed by atoms with E-state index >= 15 is 0 Å². The van der Waals surface area contributed by atoms with Crippen molar-refractivity contribution in [3.8, 4) is 17.1 Å². The van der Waals surface area contributed by atoms with Gasteiger partial charge in [-0.3, -0.25) is 4.79 Å². The van der Waals surface area contributed by atoms with Crippen LogP contribution < -0.4 is 11.2 Å². The average Bonchev–Trinajstić information content (AvgIpc) is 3.40. The van der Waals surface area contributed by atoms with E-state index in [1.165, 1.54) is 4.68 Å². The number of amides is 1. The van der Waals surface area contributed by atoms with Crippen molar-refractivity contribution < 1.29 is 18.2 Å². The van der Waals surface area contributed by atoms with Crippen molar-refractivity contribution in [3.05, 3.63) is 70.9 Å². The molecule has 0 saturated carbocycles. The minimum absolute atomic E-state index is 0.0401. The molecule has 0 aliphatic heterocycles. The number of hydrogen-bond donors (Lipinski definition) is 2. The summed E-state index contributed by atoms with van der Waals surface area (Å²) in [5.41, 5.74) is 10.0. The van der Waals surface area contributed by atoms with Crippen LogP contribution in [-0.4, -0.2) is 36.9 Å². The van der Waals surface area contributed by atoms with Crippen LogP contribution in [0.5, 0.6) is 0 Å². The van der Waals surface area contributed by atoms with Crippen LogP contribution in [0.25, 0.3) is 17.1 Å². The molecule has 0 fully saturated rings. The van der Waals surface area contributed by atoms with E-state index < -0.39 is 17.5 Å². The monoisotopic (exact) mass is 438 g/mol. The molecule has 1 amide bonds. The molecular weight excluding hydrogens is 422 g/mol. The molecule has 2 aromatic carbocycles. The number of nitrogens with one attached hydrogen (secondary N) is 1. The molecule has 3 N–H and O–H groups in total. The fourth-order valence-corrected chi connectivity index (χ4v) is 3.06. The molecular formula is C20H16F2N8O2. The van der Waals surface area contributed by atoms with Crippen molar-refractivity contribution in [2.75, 3.05) is 5.73 Å². The molecule has 0 radical (unpaired) electrons. The zero-order chi connectivity index (χ0) is 22.8. The minimum Gasteiger partial charge on any atom is -0.378 e. The van der Waals surface area contributed by atoms with E-state index in [2.05, 4.69) is 35.8 Å². The summed E-state index contributed by atoms with van der Waals surface area (Å²) in [4.78, 5) is 12.9. The first-order chi connectivity index (χ1) is 15.4. The Morgan fingerprint density at radius 3 is 2.56 bits per heavy atom. The van der Waals surface area contributed by atoms with E-state index in [9.17, 15) is 13.6 Å². The largest absolute Gasteiger partial charge is 0.378 e. The Balaban J connectivity index is 1.70. The Morgan fingerprint density at radius 1 is 1.16 bits per heavy atom. The summed E-state index contributed by atoms with van der Waals surface area (Å²) in [6.07, 6.45) is 0. The lowest BCUT2D eigenvalue weighted by atomic mass is 10.0. The van der Waals surface area contributed by atoms with E-state index in [1.54, 1.807) is 44.2 Å². The second kappa shape index (κ2) is 8.34. The van der Waals surface area contributed by atoms with Gasteiger partial charge in [-0.15, -0.1) is 5.10 Å². The van der Waals surface area contributed by atoms with E-state index in [1.807, 2.05) is 0 Å². The van der Waals surface area contributed by atoms with Gasteiger partial charge in [0, 0.05) is 11.1 Å². The quantitative estimate of drug-likeness (QED) is 0.361. The van der Waals surface area contributed by atoms with Crippen LogP contribution >= 0.6 is 0 Å². The van der Waals surface area contributed by atoms with Crippen LogP contribution in [0.2, 0.25) is 0 Å². The molecule has 10 nitrogen and oxygen atoms in total. The highest BCUT2D eigenvalue weighted by Crippen LogP contribution is 2.26. The lowest BCUT2D eigenvalue weighted by molar-refractivity contribution is 0.0950. The summed E-state index contributed by atoms with van der Waals surface area (Å²) in [5, 5.41) is 19.1. The Hall–Kier alpha value is -4.48. The Labute approximate surface area is 179 Å². The summed E-state index contributed by atoms with van der Waals surface area (Å²) in [6, 6.07) is 10.9. The Morgan fingerprint density at radius 2 is 1.88 bits per heavy atom. The van der Waals surface area contributed by atoms with E-state index in [0.717, 1.165) is 12.1 Å². The number of nitrogens with two attached hydrogens (primary N) is 1. The predicted molar refractivity (Wildman–Crippen MR) is 110 cm³/mol. The average molecular weight is 438 g/mol. The number of rotatable bonds is 5. The van der Waals surface area contributed by atoms with Crippen molar-refractivity contribution in [2.24, 2.45) is 5.10 Å². The van der Waals surface area contributed by atoms with Crippen LogP contribution in [0.4, 0.5) is 14.6 Å². The predicted octanol–water partition coefficient (Wildman–Crippen LogP) is 2.64. The zero-order valence-corrected chi connectivity index (χ0v) is 16.9. The van der Waals surface area contributed by atoms with Crippen molar-refractivity contribution in [2.45, 2.75) is 13.8 Å². The number of aromatic nitrogens is 5. The first-order valence-electron chi connectivity index (χ1n) is 9.27. The maximum absolute atomic E-state index is 13.6. The SMILES string of the molecule is C/C(=N/NC(=O)c1nnn(-c2nonc2N)c1-c1ccccc1)c1cc(F)c(F)cc1C. The van der Waals surface area contributed by atoms with Crippen molar-refractivity contribution in [1.29, 1.82) is 0 Å². The van der Waals surface area contributed by atoms with Gasteiger partial charge < -0.3 is 5.73 Å². The van der Waals surface area contributed by atoms with Gasteiger partial charge in [-0.25, -0.2) is 18.8 Å². The number of nitrogen functional groups attached to an aromatic ring is 1. The molecule has 32 heavy (non-hydrogen) atoms. The molecule has 0 bridgehead atoms.